The van der Waals surface area contributed by atoms with Gasteiger partial charge in [-0.1, -0.05) is 42.5 Å². The lowest BCUT2D eigenvalue weighted by Gasteiger charge is -2.34. The third-order valence-electron chi connectivity index (χ3n) is 5.83. The summed E-state index contributed by atoms with van der Waals surface area (Å²) in [5.74, 6) is 0.0246. The lowest BCUT2D eigenvalue weighted by molar-refractivity contribution is 0.182. The maximum Gasteiger partial charge on any atom is 0.336 e. The van der Waals surface area contributed by atoms with Crippen molar-refractivity contribution in [3.05, 3.63) is 81.2 Å². The summed E-state index contributed by atoms with van der Waals surface area (Å²) in [4.78, 5) is 14.3. The summed E-state index contributed by atoms with van der Waals surface area (Å²) in [6.07, 6.45) is 0. The highest BCUT2D eigenvalue weighted by molar-refractivity contribution is 7.88. The lowest BCUT2D eigenvalue weighted by Crippen LogP contribution is -2.48. The van der Waals surface area contributed by atoms with Gasteiger partial charge in [0.25, 0.3) is 0 Å². The van der Waals surface area contributed by atoms with Crippen molar-refractivity contribution < 1.29 is 12.8 Å². The molecule has 158 valence electrons. The lowest BCUT2D eigenvalue weighted by atomic mass is 10.0. The normalized spacial score (nSPS) is 16.2. The zero-order chi connectivity index (χ0) is 21.3. The molecule has 0 unspecified atom stereocenters. The van der Waals surface area contributed by atoms with E-state index >= 15 is 0 Å². The third kappa shape index (κ3) is 4.33. The van der Waals surface area contributed by atoms with Gasteiger partial charge in [-0.15, -0.1) is 0 Å². The quantitative estimate of drug-likeness (QED) is 0.587. The standard InChI is InChI=1S/C23H26N2O4S/c1-17-8-9-21-20(14-22(26)29-23(21)18(17)2)15-24-10-12-25(13-11-24)30(27,28)16-19-6-4-3-5-7-19/h3-9,14H,10-13,15-16H2,1-2H3. The van der Waals surface area contributed by atoms with Crippen LogP contribution >= 0.6 is 0 Å². The molecule has 1 aliphatic rings. The Balaban J connectivity index is 1.47. The summed E-state index contributed by atoms with van der Waals surface area (Å²) in [5, 5.41) is 0.942. The maximum absolute atomic E-state index is 12.8. The number of hydrogen-bond donors (Lipinski definition) is 0. The highest BCUT2D eigenvalue weighted by Crippen LogP contribution is 2.24. The third-order valence-corrected chi connectivity index (χ3v) is 7.68. The van der Waals surface area contributed by atoms with Crippen molar-refractivity contribution in [3.8, 4) is 0 Å². The Morgan fingerprint density at radius 3 is 2.37 bits per heavy atom. The number of nitrogens with zero attached hydrogens (tertiary/aromatic N) is 2. The van der Waals surface area contributed by atoms with Gasteiger partial charge >= 0.3 is 5.63 Å². The van der Waals surface area contributed by atoms with E-state index < -0.39 is 10.0 Å². The average Bonchev–Trinajstić information content (AvgIpc) is 2.72. The Kier molecular flexibility index (Phi) is 5.77. The van der Waals surface area contributed by atoms with Gasteiger partial charge in [0.2, 0.25) is 10.0 Å². The van der Waals surface area contributed by atoms with E-state index in [1.807, 2.05) is 56.3 Å². The van der Waals surface area contributed by atoms with E-state index in [0.717, 1.165) is 27.6 Å². The second-order valence-corrected chi connectivity index (χ2v) is 9.86. The number of fused-ring (bicyclic) bond motifs is 1. The van der Waals surface area contributed by atoms with Crippen LogP contribution in [0.15, 0.2) is 57.7 Å². The summed E-state index contributed by atoms with van der Waals surface area (Å²) in [5.41, 5.74) is 4.07. The Labute approximate surface area is 176 Å². The molecule has 0 saturated carbocycles. The molecule has 4 rings (SSSR count). The first-order valence-electron chi connectivity index (χ1n) is 10.1. The number of rotatable bonds is 5. The summed E-state index contributed by atoms with van der Waals surface area (Å²) in [7, 11) is -3.34. The first-order chi connectivity index (χ1) is 14.3. The van der Waals surface area contributed by atoms with E-state index in [2.05, 4.69) is 4.90 Å². The van der Waals surface area contributed by atoms with Gasteiger partial charge in [0.05, 0.1) is 5.75 Å². The maximum atomic E-state index is 12.8. The Morgan fingerprint density at radius 2 is 1.67 bits per heavy atom. The molecule has 0 amide bonds. The van der Waals surface area contributed by atoms with Crippen LogP contribution in [0.25, 0.3) is 11.0 Å². The van der Waals surface area contributed by atoms with Crippen molar-refractivity contribution in [3.63, 3.8) is 0 Å². The molecule has 2 heterocycles. The first-order valence-corrected chi connectivity index (χ1v) is 11.7. The monoisotopic (exact) mass is 426 g/mol. The summed E-state index contributed by atoms with van der Waals surface area (Å²) in [6.45, 7) is 6.70. The minimum absolute atomic E-state index is 0.0246. The molecule has 2 aromatic carbocycles. The molecule has 0 atom stereocenters. The minimum Gasteiger partial charge on any atom is -0.422 e. The van der Waals surface area contributed by atoms with Crippen molar-refractivity contribution in [2.75, 3.05) is 26.2 Å². The van der Waals surface area contributed by atoms with Gasteiger partial charge < -0.3 is 4.42 Å². The van der Waals surface area contributed by atoms with Gasteiger partial charge in [-0.05, 0) is 36.1 Å². The predicted octanol–water partition coefficient (Wildman–Crippen LogP) is 3.06. The first kappa shape index (κ1) is 20.8. The zero-order valence-electron chi connectivity index (χ0n) is 17.3. The average molecular weight is 427 g/mol. The number of hydrogen-bond acceptors (Lipinski definition) is 5. The molecule has 0 N–H and O–H groups in total. The number of sulfonamides is 1. The Morgan fingerprint density at radius 1 is 0.967 bits per heavy atom. The van der Waals surface area contributed by atoms with E-state index in [1.165, 1.54) is 0 Å². The van der Waals surface area contributed by atoms with E-state index in [4.69, 9.17) is 4.42 Å². The largest absolute Gasteiger partial charge is 0.422 e. The van der Waals surface area contributed by atoms with Crippen LogP contribution in [0.1, 0.15) is 22.3 Å². The molecule has 0 aliphatic carbocycles. The molecule has 30 heavy (non-hydrogen) atoms. The van der Waals surface area contributed by atoms with Crippen LogP contribution in [-0.4, -0.2) is 43.8 Å². The van der Waals surface area contributed by atoms with Crippen molar-refractivity contribution in [2.24, 2.45) is 0 Å². The van der Waals surface area contributed by atoms with Crippen LogP contribution in [0.3, 0.4) is 0 Å². The Hall–Kier alpha value is -2.48. The summed E-state index contributed by atoms with van der Waals surface area (Å²) < 4.78 is 32.6. The predicted molar refractivity (Wildman–Crippen MR) is 118 cm³/mol. The molecule has 1 saturated heterocycles. The fraction of sp³-hybridized carbons (Fsp3) is 0.348. The van der Waals surface area contributed by atoms with Gasteiger partial charge in [0.1, 0.15) is 5.58 Å². The number of benzene rings is 2. The van der Waals surface area contributed by atoms with Crippen LogP contribution in [0, 0.1) is 13.8 Å². The van der Waals surface area contributed by atoms with Gasteiger partial charge in [0, 0.05) is 44.2 Å². The molecule has 6 nitrogen and oxygen atoms in total. The summed E-state index contributed by atoms with van der Waals surface area (Å²) >= 11 is 0. The van der Waals surface area contributed by atoms with Crippen LogP contribution in [0.4, 0.5) is 0 Å². The molecule has 0 spiro atoms. The van der Waals surface area contributed by atoms with Crippen molar-refractivity contribution >= 4 is 21.0 Å². The van der Waals surface area contributed by atoms with Crippen LogP contribution in [0.2, 0.25) is 0 Å². The van der Waals surface area contributed by atoms with E-state index in [-0.39, 0.29) is 11.4 Å². The van der Waals surface area contributed by atoms with E-state index in [1.54, 1.807) is 10.4 Å². The SMILES string of the molecule is Cc1ccc2c(CN3CCN(S(=O)(=O)Cc4ccccc4)CC3)cc(=O)oc2c1C. The molecule has 0 radical (unpaired) electrons. The van der Waals surface area contributed by atoms with Crippen molar-refractivity contribution in [1.82, 2.24) is 9.21 Å². The topological polar surface area (TPSA) is 70.8 Å². The molecule has 3 aromatic rings. The zero-order valence-corrected chi connectivity index (χ0v) is 18.1. The molecule has 1 aromatic heterocycles. The van der Waals surface area contributed by atoms with Crippen LogP contribution in [0.5, 0.6) is 0 Å². The summed E-state index contributed by atoms with van der Waals surface area (Å²) in [6, 6.07) is 14.8. The molecule has 7 heteroatoms. The second kappa shape index (κ2) is 8.34. The molecule has 1 aliphatic heterocycles. The van der Waals surface area contributed by atoms with Crippen molar-refractivity contribution in [2.45, 2.75) is 26.1 Å². The highest BCUT2D eigenvalue weighted by atomic mass is 32.2. The second-order valence-electron chi connectivity index (χ2n) is 7.89. The minimum atomic E-state index is -3.34. The van der Waals surface area contributed by atoms with Crippen LogP contribution in [-0.2, 0) is 22.3 Å². The molecule has 1 fully saturated rings. The molecular formula is C23H26N2O4S. The van der Waals surface area contributed by atoms with Gasteiger partial charge in [-0.25, -0.2) is 13.2 Å². The van der Waals surface area contributed by atoms with Gasteiger partial charge in [-0.3, -0.25) is 4.90 Å². The van der Waals surface area contributed by atoms with E-state index in [9.17, 15) is 13.2 Å². The molecule has 0 bridgehead atoms. The number of aryl methyl sites for hydroxylation is 2. The highest BCUT2D eigenvalue weighted by Gasteiger charge is 2.27. The Bertz CT molecular complexity index is 1210. The number of piperazine rings is 1. The van der Waals surface area contributed by atoms with Gasteiger partial charge in [-0.2, -0.15) is 4.31 Å². The van der Waals surface area contributed by atoms with Crippen molar-refractivity contribution in [1.29, 1.82) is 0 Å². The van der Waals surface area contributed by atoms with Crippen LogP contribution < -0.4 is 5.63 Å². The fourth-order valence-electron chi connectivity index (χ4n) is 3.94. The fourth-order valence-corrected chi connectivity index (χ4v) is 5.45. The molecular weight excluding hydrogens is 400 g/mol. The van der Waals surface area contributed by atoms with E-state index in [0.29, 0.717) is 38.3 Å². The smallest absolute Gasteiger partial charge is 0.336 e. The van der Waals surface area contributed by atoms with Gasteiger partial charge in [0.15, 0.2) is 0 Å².